The summed E-state index contributed by atoms with van der Waals surface area (Å²) in [6.45, 7) is 1.82. The third kappa shape index (κ3) is 4.24. The van der Waals surface area contributed by atoms with Crippen LogP contribution in [0, 0.1) is 12.8 Å². The first-order chi connectivity index (χ1) is 15.7. The molecular formula is C25H21Cl3N2O2S. The van der Waals surface area contributed by atoms with E-state index in [2.05, 4.69) is 22.2 Å². The van der Waals surface area contributed by atoms with Crippen molar-refractivity contribution in [1.29, 1.82) is 0 Å². The van der Waals surface area contributed by atoms with Gasteiger partial charge in [0.15, 0.2) is 0 Å². The maximum Gasteiger partial charge on any atom is 0.261 e. The van der Waals surface area contributed by atoms with Gasteiger partial charge in [0.25, 0.3) is 10.0 Å². The zero-order chi connectivity index (χ0) is 23.3. The number of anilines is 2. The zero-order valence-electron chi connectivity index (χ0n) is 17.6. The molecule has 3 aromatic rings. The fraction of sp³-hybridized carbons (Fsp3) is 0.200. The summed E-state index contributed by atoms with van der Waals surface area (Å²) >= 11 is 18.4. The predicted octanol–water partition coefficient (Wildman–Crippen LogP) is 7.58. The van der Waals surface area contributed by atoms with Crippen LogP contribution in [0.15, 0.2) is 71.6 Å². The van der Waals surface area contributed by atoms with Crippen molar-refractivity contribution < 1.29 is 8.42 Å². The first kappa shape index (κ1) is 22.6. The maximum absolute atomic E-state index is 13.2. The molecule has 2 N–H and O–H groups in total. The molecule has 0 aromatic heterocycles. The molecule has 4 nitrogen and oxygen atoms in total. The van der Waals surface area contributed by atoms with Crippen LogP contribution in [0.25, 0.3) is 0 Å². The lowest BCUT2D eigenvalue weighted by Crippen LogP contribution is -2.29. The Morgan fingerprint density at radius 2 is 1.79 bits per heavy atom. The number of halogens is 3. The van der Waals surface area contributed by atoms with Gasteiger partial charge in [-0.05, 0) is 84.5 Å². The molecule has 0 radical (unpaired) electrons. The first-order valence-electron chi connectivity index (χ1n) is 10.5. The van der Waals surface area contributed by atoms with Gasteiger partial charge in [-0.25, -0.2) is 8.42 Å². The van der Waals surface area contributed by atoms with Crippen molar-refractivity contribution >= 4 is 56.2 Å². The summed E-state index contributed by atoms with van der Waals surface area (Å²) < 4.78 is 29.0. The molecule has 0 fully saturated rings. The van der Waals surface area contributed by atoms with Crippen LogP contribution in [0.3, 0.4) is 0 Å². The van der Waals surface area contributed by atoms with Crippen LogP contribution in [0.4, 0.5) is 11.4 Å². The van der Waals surface area contributed by atoms with Gasteiger partial charge in [0.2, 0.25) is 0 Å². The highest BCUT2D eigenvalue weighted by Crippen LogP contribution is 2.50. The molecule has 8 heteroatoms. The quantitative estimate of drug-likeness (QED) is 0.349. The van der Waals surface area contributed by atoms with Gasteiger partial charge in [-0.2, -0.15) is 0 Å². The van der Waals surface area contributed by atoms with Gasteiger partial charge in [0.05, 0.1) is 26.7 Å². The second-order valence-electron chi connectivity index (χ2n) is 8.46. The Morgan fingerprint density at radius 3 is 2.55 bits per heavy atom. The average Bonchev–Trinajstić information content (AvgIpc) is 3.27. The van der Waals surface area contributed by atoms with Crippen LogP contribution in [0.1, 0.15) is 35.1 Å². The third-order valence-corrected chi connectivity index (χ3v) is 8.72. The number of hydrogen-bond donors (Lipinski definition) is 2. The van der Waals surface area contributed by atoms with Gasteiger partial charge in [0.1, 0.15) is 0 Å². The van der Waals surface area contributed by atoms with Crippen molar-refractivity contribution in [2.45, 2.75) is 30.2 Å². The monoisotopic (exact) mass is 518 g/mol. The van der Waals surface area contributed by atoms with E-state index in [1.54, 1.807) is 30.3 Å². The van der Waals surface area contributed by atoms with Crippen molar-refractivity contribution in [2.24, 2.45) is 5.92 Å². The highest BCUT2D eigenvalue weighted by molar-refractivity contribution is 7.92. The number of fused-ring (bicyclic) bond motifs is 3. The Bertz CT molecular complexity index is 1390. The number of nitrogens with one attached hydrogen (secondary N) is 2. The largest absolute Gasteiger partial charge is 0.378 e. The molecule has 1 aliphatic heterocycles. The van der Waals surface area contributed by atoms with Gasteiger partial charge in [0, 0.05) is 16.6 Å². The lowest BCUT2D eigenvalue weighted by molar-refractivity contribution is 0.425. The van der Waals surface area contributed by atoms with Crippen LogP contribution >= 0.6 is 34.8 Å². The smallest absolute Gasteiger partial charge is 0.261 e. The third-order valence-electron chi connectivity index (χ3n) is 6.38. The molecule has 3 atom stereocenters. The Labute approximate surface area is 208 Å². The molecule has 0 amide bonds. The summed E-state index contributed by atoms with van der Waals surface area (Å²) in [5, 5.41) is 5.21. The Balaban J connectivity index is 1.49. The van der Waals surface area contributed by atoms with E-state index >= 15 is 0 Å². The second-order valence-corrected chi connectivity index (χ2v) is 11.4. The van der Waals surface area contributed by atoms with Crippen molar-refractivity contribution in [3.05, 3.63) is 98.5 Å². The van der Waals surface area contributed by atoms with E-state index < -0.39 is 10.0 Å². The molecule has 0 unspecified atom stereocenters. The van der Waals surface area contributed by atoms with Crippen molar-refractivity contribution in [2.75, 3.05) is 10.0 Å². The van der Waals surface area contributed by atoms with E-state index in [0.717, 1.165) is 28.8 Å². The molecule has 5 rings (SSSR count). The number of hydrogen-bond acceptors (Lipinski definition) is 3. The molecule has 3 aromatic carbocycles. The fourth-order valence-electron chi connectivity index (χ4n) is 4.72. The molecule has 0 spiro atoms. The van der Waals surface area contributed by atoms with E-state index in [9.17, 15) is 8.42 Å². The lowest BCUT2D eigenvalue weighted by atomic mass is 9.77. The molecule has 170 valence electrons. The van der Waals surface area contributed by atoms with E-state index in [0.29, 0.717) is 20.8 Å². The molecule has 1 aliphatic carbocycles. The normalized spacial score (nSPS) is 21.3. The summed E-state index contributed by atoms with van der Waals surface area (Å²) in [6, 6.07) is 16.1. The van der Waals surface area contributed by atoms with E-state index in [1.807, 2.05) is 31.2 Å². The summed E-state index contributed by atoms with van der Waals surface area (Å²) in [6.07, 6.45) is 5.22. The van der Waals surface area contributed by atoms with Crippen LogP contribution in [-0.4, -0.2) is 8.42 Å². The SMILES string of the molecule is Cc1cc(Cl)ccc1NS(=O)(=O)c1ccc2c(c1)[C@H]1C=CC[C@H]1[C@@H](c1ccc(Cl)c(Cl)c1)N2. The van der Waals surface area contributed by atoms with E-state index in [1.165, 1.54) is 0 Å². The molecule has 2 aliphatic rings. The maximum atomic E-state index is 13.2. The van der Waals surface area contributed by atoms with Crippen LogP contribution in [0.2, 0.25) is 15.1 Å². The topological polar surface area (TPSA) is 58.2 Å². The molecule has 1 heterocycles. The number of sulfonamides is 1. The van der Waals surface area contributed by atoms with Crippen LogP contribution in [0.5, 0.6) is 0 Å². The first-order valence-corrected chi connectivity index (χ1v) is 13.2. The number of aryl methyl sites for hydroxylation is 1. The minimum Gasteiger partial charge on any atom is -0.378 e. The summed E-state index contributed by atoms with van der Waals surface area (Å²) in [7, 11) is -3.76. The number of allylic oxidation sites excluding steroid dienone is 2. The van der Waals surface area contributed by atoms with Crippen molar-refractivity contribution in [3.63, 3.8) is 0 Å². The zero-order valence-corrected chi connectivity index (χ0v) is 20.7. The molecular weight excluding hydrogens is 499 g/mol. The number of rotatable bonds is 4. The van der Waals surface area contributed by atoms with Gasteiger partial charge >= 0.3 is 0 Å². The number of benzene rings is 3. The average molecular weight is 520 g/mol. The van der Waals surface area contributed by atoms with E-state index in [-0.39, 0.29) is 22.8 Å². The summed E-state index contributed by atoms with van der Waals surface area (Å²) in [4.78, 5) is 0.226. The van der Waals surface area contributed by atoms with Crippen molar-refractivity contribution in [1.82, 2.24) is 0 Å². The molecule has 0 saturated heterocycles. The van der Waals surface area contributed by atoms with Gasteiger partial charge in [-0.15, -0.1) is 0 Å². The van der Waals surface area contributed by atoms with Crippen molar-refractivity contribution in [3.8, 4) is 0 Å². The minimum absolute atomic E-state index is 0.0459. The summed E-state index contributed by atoms with van der Waals surface area (Å²) in [5.74, 6) is 0.354. The minimum atomic E-state index is -3.76. The molecule has 33 heavy (non-hydrogen) atoms. The summed E-state index contributed by atoms with van der Waals surface area (Å²) in [5.41, 5.74) is 4.22. The van der Waals surface area contributed by atoms with Gasteiger partial charge in [-0.1, -0.05) is 53.0 Å². The molecule has 0 bridgehead atoms. The highest BCUT2D eigenvalue weighted by Gasteiger charge is 2.38. The predicted molar refractivity (Wildman–Crippen MR) is 136 cm³/mol. The lowest BCUT2D eigenvalue weighted by Gasteiger charge is -2.37. The Morgan fingerprint density at radius 1 is 0.970 bits per heavy atom. The second kappa shape index (κ2) is 8.55. The Kier molecular flexibility index (Phi) is 5.86. The highest BCUT2D eigenvalue weighted by atomic mass is 35.5. The fourth-order valence-corrected chi connectivity index (χ4v) is 6.42. The van der Waals surface area contributed by atoms with Crippen LogP contribution in [-0.2, 0) is 10.0 Å². The molecule has 0 saturated carbocycles. The van der Waals surface area contributed by atoms with E-state index in [4.69, 9.17) is 34.8 Å². The Hall–Kier alpha value is -2.18. The standard InChI is InChI=1S/C25H21Cl3N2O2S/c1-14-11-16(26)6-9-23(14)30-33(31,32)17-7-10-24-20(13-17)18-3-2-4-19(18)25(29-24)15-5-8-21(27)22(28)12-15/h2-3,5-13,18-19,25,29-30H,4H2,1H3/t18-,19+,25+/m0/s1. The van der Waals surface area contributed by atoms with Gasteiger partial charge in [-0.3, -0.25) is 4.72 Å². The van der Waals surface area contributed by atoms with Gasteiger partial charge < -0.3 is 5.32 Å². The van der Waals surface area contributed by atoms with Crippen LogP contribution < -0.4 is 10.0 Å².